The smallest absolute Gasteiger partial charge is 0.303 e. The molecule has 1 aliphatic carbocycles. The van der Waals surface area contributed by atoms with Crippen molar-refractivity contribution in [1.29, 1.82) is 0 Å². The molecule has 0 spiro atoms. The molecule has 1 fully saturated rings. The summed E-state index contributed by atoms with van der Waals surface area (Å²) in [6.07, 6.45) is 8.06. The summed E-state index contributed by atoms with van der Waals surface area (Å²) in [6, 6.07) is 1.67. The van der Waals surface area contributed by atoms with E-state index in [0.717, 1.165) is 32.1 Å². The molecule has 1 aliphatic rings. The van der Waals surface area contributed by atoms with Gasteiger partial charge in [0.25, 0.3) is 0 Å². The molecular weight excluding hydrogens is 258 g/mol. The van der Waals surface area contributed by atoms with E-state index in [4.69, 9.17) is 5.11 Å². The highest BCUT2D eigenvalue weighted by atomic mass is 16.4. The van der Waals surface area contributed by atoms with Gasteiger partial charge in [-0.25, -0.2) is 9.97 Å². The Hall–Kier alpha value is -1.98. The molecule has 0 aliphatic heterocycles. The second-order valence-corrected chi connectivity index (χ2v) is 5.43. The summed E-state index contributed by atoms with van der Waals surface area (Å²) < 4.78 is 0. The summed E-state index contributed by atoms with van der Waals surface area (Å²) in [5, 5.41) is 11.7. The summed E-state index contributed by atoms with van der Waals surface area (Å²) in [4.78, 5) is 31.0. The largest absolute Gasteiger partial charge is 0.481 e. The zero-order valence-corrected chi connectivity index (χ0v) is 11.3. The Bertz CT molecular complexity index is 470. The molecule has 1 amide bonds. The van der Waals surface area contributed by atoms with Gasteiger partial charge in [0.15, 0.2) is 0 Å². The number of carboxylic acids is 1. The molecule has 2 N–H and O–H groups in total. The molecule has 1 heterocycles. The van der Waals surface area contributed by atoms with Crippen molar-refractivity contribution in [3.63, 3.8) is 0 Å². The van der Waals surface area contributed by atoms with Crippen LogP contribution >= 0.6 is 0 Å². The lowest BCUT2D eigenvalue weighted by atomic mass is 9.69. The van der Waals surface area contributed by atoms with Crippen molar-refractivity contribution in [3.05, 3.63) is 18.5 Å². The predicted octanol–water partition coefficient (Wildman–Crippen LogP) is 2.23. The number of anilines is 1. The van der Waals surface area contributed by atoms with Crippen LogP contribution in [0.5, 0.6) is 0 Å². The van der Waals surface area contributed by atoms with E-state index in [-0.39, 0.29) is 24.7 Å². The molecule has 20 heavy (non-hydrogen) atoms. The molecule has 1 saturated carbocycles. The van der Waals surface area contributed by atoms with Crippen molar-refractivity contribution in [2.24, 2.45) is 5.41 Å². The van der Waals surface area contributed by atoms with Gasteiger partial charge in [0.1, 0.15) is 0 Å². The van der Waals surface area contributed by atoms with Gasteiger partial charge < -0.3 is 5.11 Å². The van der Waals surface area contributed by atoms with Gasteiger partial charge in [-0.05, 0) is 24.3 Å². The number of hydrogen-bond acceptors (Lipinski definition) is 4. The quantitative estimate of drug-likeness (QED) is 0.861. The van der Waals surface area contributed by atoms with E-state index in [9.17, 15) is 9.59 Å². The van der Waals surface area contributed by atoms with E-state index in [1.54, 1.807) is 18.5 Å². The third-order valence-electron chi connectivity index (χ3n) is 3.79. The molecule has 6 nitrogen and oxygen atoms in total. The second-order valence-electron chi connectivity index (χ2n) is 5.43. The van der Waals surface area contributed by atoms with Crippen molar-refractivity contribution in [1.82, 2.24) is 9.97 Å². The first-order valence-electron chi connectivity index (χ1n) is 6.88. The van der Waals surface area contributed by atoms with Gasteiger partial charge in [0.2, 0.25) is 11.9 Å². The Morgan fingerprint density at radius 1 is 1.15 bits per heavy atom. The minimum atomic E-state index is -0.837. The van der Waals surface area contributed by atoms with E-state index >= 15 is 0 Å². The predicted molar refractivity (Wildman–Crippen MR) is 73.0 cm³/mol. The van der Waals surface area contributed by atoms with E-state index in [2.05, 4.69) is 15.3 Å². The Morgan fingerprint density at radius 3 is 2.40 bits per heavy atom. The fraction of sp³-hybridized carbons (Fsp3) is 0.571. The SMILES string of the molecule is O=C(O)CC1(CC(=O)Nc2ncccn2)CCCCC1. The molecule has 0 bridgehead atoms. The highest BCUT2D eigenvalue weighted by molar-refractivity contribution is 5.89. The lowest BCUT2D eigenvalue weighted by molar-refractivity contribution is -0.140. The fourth-order valence-corrected chi connectivity index (χ4v) is 2.91. The molecule has 0 atom stereocenters. The highest BCUT2D eigenvalue weighted by Gasteiger charge is 2.36. The first-order valence-corrected chi connectivity index (χ1v) is 6.88. The third kappa shape index (κ3) is 4.01. The van der Waals surface area contributed by atoms with Gasteiger partial charge in [0, 0.05) is 18.8 Å². The van der Waals surface area contributed by atoms with E-state index in [1.807, 2.05) is 0 Å². The molecule has 0 saturated heterocycles. The van der Waals surface area contributed by atoms with Crippen LogP contribution in [0.15, 0.2) is 18.5 Å². The van der Waals surface area contributed by atoms with Gasteiger partial charge in [-0.3, -0.25) is 14.9 Å². The van der Waals surface area contributed by atoms with Crippen LogP contribution in [0.4, 0.5) is 5.95 Å². The molecule has 6 heteroatoms. The number of aliphatic carboxylic acids is 1. The lowest BCUT2D eigenvalue weighted by Gasteiger charge is -2.35. The number of carboxylic acid groups (broad SMARTS) is 1. The number of aromatic nitrogens is 2. The highest BCUT2D eigenvalue weighted by Crippen LogP contribution is 2.42. The van der Waals surface area contributed by atoms with Gasteiger partial charge in [-0.1, -0.05) is 19.3 Å². The average Bonchev–Trinajstić information content (AvgIpc) is 2.39. The van der Waals surface area contributed by atoms with Crippen molar-refractivity contribution in [2.45, 2.75) is 44.9 Å². The van der Waals surface area contributed by atoms with Crippen molar-refractivity contribution >= 4 is 17.8 Å². The summed E-state index contributed by atoms with van der Waals surface area (Å²) in [6.45, 7) is 0. The van der Waals surface area contributed by atoms with Crippen LogP contribution in [-0.2, 0) is 9.59 Å². The maximum atomic E-state index is 12.1. The number of nitrogens with zero attached hydrogens (tertiary/aromatic N) is 2. The van der Waals surface area contributed by atoms with E-state index in [0.29, 0.717) is 0 Å². The van der Waals surface area contributed by atoms with Crippen LogP contribution < -0.4 is 5.32 Å². The monoisotopic (exact) mass is 277 g/mol. The molecule has 0 radical (unpaired) electrons. The van der Waals surface area contributed by atoms with Crippen LogP contribution in [0.2, 0.25) is 0 Å². The summed E-state index contributed by atoms with van der Waals surface area (Å²) in [7, 11) is 0. The van der Waals surface area contributed by atoms with Crippen molar-refractivity contribution < 1.29 is 14.7 Å². The number of carbonyl (C=O) groups is 2. The molecule has 1 aromatic rings. The zero-order valence-electron chi connectivity index (χ0n) is 11.3. The van der Waals surface area contributed by atoms with Gasteiger partial charge in [0.05, 0.1) is 6.42 Å². The molecule has 0 unspecified atom stereocenters. The second kappa shape index (κ2) is 6.45. The van der Waals surface area contributed by atoms with Crippen molar-refractivity contribution in [2.75, 3.05) is 5.32 Å². The standard InChI is InChI=1S/C14H19N3O3/c18-11(17-13-15-7-4-8-16-13)9-14(10-12(19)20)5-2-1-3-6-14/h4,7-8H,1-3,5-6,9-10H2,(H,19,20)(H,15,16,17,18). The zero-order chi connectivity index (χ0) is 14.4. The van der Waals surface area contributed by atoms with E-state index in [1.165, 1.54) is 0 Å². The van der Waals surface area contributed by atoms with Crippen LogP contribution in [-0.4, -0.2) is 27.0 Å². The summed E-state index contributed by atoms with van der Waals surface area (Å²) in [5.41, 5.74) is -0.414. The van der Waals surface area contributed by atoms with Crippen LogP contribution in [0.1, 0.15) is 44.9 Å². The third-order valence-corrected chi connectivity index (χ3v) is 3.79. The Labute approximate surface area is 117 Å². The molecule has 108 valence electrons. The Morgan fingerprint density at radius 2 is 1.80 bits per heavy atom. The number of carbonyl (C=O) groups excluding carboxylic acids is 1. The van der Waals surface area contributed by atoms with Gasteiger partial charge in [-0.2, -0.15) is 0 Å². The lowest BCUT2D eigenvalue weighted by Crippen LogP contribution is -2.32. The summed E-state index contributed by atoms with van der Waals surface area (Å²) in [5.74, 6) is -0.784. The van der Waals surface area contributed by atoms with Crippen LogP contribution in [0.3, 0.4) is 0 Å². The number of amides is 1. The average molecular weight is 277 g/mol. The molecular formula is C14H19N3O3. The maximum Gasteiger partial charge on any atom is 0.303 e. The number of rotatable bonds is 5. The Kier molecular flexibility index (Phi) is 4.65. The minimum absolute atomic E-state index is 0.0517. The molecule has 0 aromatic carbocycles. The first-order chi connectivity index (χ1) is 9.60. The minimum Gasteiger partial charge on any atom is -0.481 e. The molecule has 2 rings (SSSR count). The van der Waals surface area contributed by atoms with Crippen LogP contribution in [0.25, 0.3) is 0 Å². The normalized spacial score (nSPS) is 17.4. The molecule has 1 aromatic heterocycles. The number of nitrogens with one attached hydrogen (secondary N) is 1. The Balaban J connectivity index is 2.00. The maximum absolute atomic E-state index is 12.1. The number of hydrogen-bond donors (Lipinski definition) is 2. The van der Waals surface area contributed by atoms with Gasteiger partial charge in [-0.15, -0.1) is 0 Å². The van der Waals surface area contributed by atoms with Gasteiger partial charge >= 0.3 is 5.97 Å². The van der Waals surface area contributed by atoms with E-state index < -0.39 is 11.4 Å². The first kappa shape index (κ1) is 14.4. The van der Waals surface area contributed by atoms with Crippen LogP contribution in [0, 0.1) is 5.41 Å². The van der Waals surface area contributed by atoms with Crippen molar-refractivity contribution in [3.8, 4) is 0 Å². The topological polar surface area (TPSA) is 92.2 Å². The fourth-order valence-electron chi connectivity index (χ4n) is 2.91. The summed E-state index contributed by atoms with van der Waals surface area (Å²) >= 11 is 0.